The number of phenolic OH excluding ortho intramolecular Hbond substituents is 1. The summed E-state index contributed by atoms with van der Waals surface area (Å²) in [5.41, 5.74) is 0.980. The first-order valence-corrected chi connectivity index (χ1v) is 12.2. The van der Waals surface area contributed by atoms with Crippen LogP contribution in [0.15, 0.2) is 60.7 Å². The van der Waals surface area contributed by atoms with Crippen LogP contribution < -0.4 is 19.5 Å². The number of aromatic hydroxyl groups is 1. The molecule has 0 unspecified atom stereocenters. The molecular formula is C24H27FN2O6S. The molecule has 8 nitrogen and oxygen atoms in total. The van der Waals surface area contributed by atoms with Crippen LogP contribution in [0.5, 0.6) is 17.2 Å². The second-order valence-corrected chi connectivity index (χ2v) is 9.39. The number of ether oxygens (including phenoxy) is 2. The van der Waals surface area contributed by atoms with E-state index in [0.29, 0.717) is 11.5 Å². The molecule has 1 atom stereocenters. The zero-order valence-electron chi connectivity index (χ0n) is 18.9. The lowest BCUT2D eigenvalue weighted by molar-refractivity contribution is 0.167. The summed E-state index contributed by atoms with van der Waals surface area (Å²) < 4.78 is 50.4. The van der Waals surface area contributed by atoms with Gasteiger partial charge in [0.2, 0.25) is 10.0 Å². The van der Waals surface area contributed by atoms with E-state index >= 15 is 0 Å². The SMILES string of the molecule is COc1ccc(C(NC[C@H](O)c2ccc(O)c(NS(C)(=O)=O)c2F)c2ccc(OC)cc2)cc1. The number of hydrogen-bond acceptors (Lipinski definition) is 7. The molecule has 0 fully saturated rings. The largest absolute Gasteiger partial charge is 0.506 e. The number of phenols is 1. The van der Waals surface area contributed by atoms with E-state index in [2.05, 4.69) is 5.32 Å². The van der Waals surface area contributed by atoms with Crippen molar-refractivity contribution in [3.8, 4) is 17.2 Å². The lowest BCUT2D eigenvalue weighted by Gasteiger charge is -2.23. The van der Waals surface area contributed by atoms with Crippen LogP contribution in [-0.4, -0.2) is 45.7 Å². The number of sulfonamides is 1. The van der Waals surface area contributed by atoms with Crippen LogP contribution in [0.2, 0.25) is 0 Å². The molecule has 10 heteroatoms. The molecule has 3 aromatic rings. The maximum atomic E-state index is 14.9. The minimum Gasteiger partial charge on any atom is -0.506 e. The summed E-state index contributed by atoms with van der Waals surface area (Å²) in [6.45, 7) is -0.0667. The molecular weight excluding hydrogens is 463 g/mol. The molecule has 34 heavy (non-hydrogen) atoms. The summed E-state index contributed by atoms with van der Waals surface area (Å²) >= 11 is 0. The number of aliphatic hydroxyl groups excluding tert-OH is 1. The number of methoxy groups -OCH3 is 2. The summed E-state index contributed by atoms with van der Waals surface area (Å²) in [4.78, 5) is 0. The van der Waals surface area contributed by atoms with Gasteiger partial charge in [-0.25, -0.2) is 12.8 Å². The minimum absolute atomic E-state index is 0.0667. The first-order chi connectivity index (χ1) is 16.1. The molecule has 0 aliphatic rings. The Morgan fingerprint density at radius 1 is 0.912 bits per heavy atom. The van der Waals surface area contributed by atoms with E-state index < -0.39 is 33.4 Å². The van der Waals surface area contributed by atoms with Crippen molar-refractivity contribution in [2.24, 2.45) is 0 Å². The predicted molar refractivity (Wildman–Crippen MR) is 127 cm³/mol. The summed E-state index contributed by atoms with van der Waals surface area (Å²) in [5, 5.41) is 23.8. The monoisotopic (exact) mass is 490 g/mol. The van der Waals surface area contributed by atoms with E-state index in [4.69, 9.17) is 9.47 Å². The molecule has 3 rings (SSSR count). The van der Waals surface area contributed by atoms with E-state index in [1.54, 1.807) is 14.2 Å². The van der Waals surface area contributed by atoms with Gasteiger partial charge in [0, 0.05) is 12.1 Å². The minimum atomic E-state index is -3.84. The molecule has 0 aliphatic carbocycles. The number of halogens is 1. The van der Waals surface area contributed by atoms with Crippen LogP contribution in [0.1, 0.15) is 28.8 Å². The lowest BCUT2D eigenvalue weighted by atomic mass is 9.97. The van der Waals surface area contributed by atoms with Gasteiger partial charge in [-0.1, -0.05) is 24.3 Å². The van der Waals surface area contributed by atoms with Crippen molar-refractivity contribution in [1.82, 2.24) is 5.32 Å². The highest BCUT2D eigenvalue weighted by atomic mass is 32.2. The fraction of sp³-hybridized carbons (Fsp3) is 0.250. The van der Waals surface area contributed by atoms with E-state index in [-0.39, 0.29) is 18.2 Å². The zero-order chi connectivity index (χ0) is 24.9. The quantitative estimate of drug-likeness (QED) is 0.322. The Labute approximate surface area is 198 Å². The Kier molecular flexibility index (Phi) is 7.98. The van der Waals surface area contributed by atoms with Crippen molar-refractivity contribution in [1.29, 1.82) is 0 Å². The molecule has 0 radical (unpaired) electrons. The van der Waals surface area contributed by atoms with E-state index in [1.165, 1.54) is 6.07 Å². The Morgan fingerprint density at radius 3 is 1.85 bits per heavy atom. The predicted octanol–water partition coefficient (Wildman–Crippen LogP) is 3.33. The van der Waals surface area contributed by atoms with Crippen molar-refractivity contribution < 1.29 is 32.5 Å². The number of benzene rings is 3. The van der Waals surface area contributed by atoms with Crippen LogP contribution >= 0.6 is 0 Å². The van der Waals surface area contributed by atoms with E-state index in [0.717, 1.165) is 23.4 Å². The van der Waals surface area contributed by atoms with Gasteiger partial charge in [-0.15, -0.1) is 0 Å². The number of nitrogens with one attached hydrogen (secondary N) is 2. The van der Waals surface area contributed by atoms with Gasteiger partial charge in [-0.2, -0.15) is 0 Å². The third kappa shape index (κ3) is 6.16. The third-order valence-electron chi connectivity index (χ3n) is 5.21. The van der Waals surface area contributed by atoms with Gasteiger partial charge in [0.05, 0.1) is 32.6 Å². The van der Waals surface area contributed by atoms with Crippen LogP contribution in [-0.2, 0) is 10.0 Å². The highest BCUT2D eigenvalue weighted by Crippen LogP contribution is 2.33. The lowest BCUT2D eigenvalue weighted by Crippen LogP contribution is -2.28. The first kappa shape index (κ1) is 25.3. The number of hydrogen-bond donors (Lipinski definition) is 4. The average molecular weight is 491 g/mol. The summed E-state index contributed by atoms with van der Waals surface area (Å²) in [6.07, 6.45) is -0.495. The van der Waals surface area contributed by atoms with Crippen LogP contribution in [0.4, 0.5) is 10.1 Å². The Morgan fingerprint density at radius 2 is 1.41 bits per heavy atom. The molecule has 0 saturated carbocycles. The van der Waals surface area contributed by atoms with Crippen molar-refractivity contribution >= 4 is 15.7 Å². The maximum Gasteiger partial charge on any atom is 0.230 e. The van der Waals surface area contributed by atoms with Crippen molar-refractivity contribution in [3.05, 3.63) is 83.2 Å². The highest BCUT2D eigenvalue weighted by molar-refractivity contribution is 7.92. The summed E-state index contributed by atoms with van der Waals surface area (Å²) in [5.74, 6) is -0.255. The molecule has 0 amide bonds. The van der Waals surface area contributed by atoms with Crippen LogP contribution in [0.3, 0.4) is 0 Å². The molecule has 0 aliphatic heterocycles. The first-order valence-electron chi connectivity index (χ1n) is 10.3. The maximum absolute atomic E-state index is 14.9. The van der Waals surface area contributed by atoms with E-state index in [1.807, 2.05) is 53.3 Å². The number of rotatable bonds is 10. The summed E-state index contributed by atoms with van der Waals surface area (Å²) in [7, 11) is -0.696. The Bertz CT molecular complexity index is 1170. The van der Waals surface area contributed by atoms with Gasteiger partial charge >= 0.3 is 0 Å². The molecule has 3 aromatic carbocycles. The molecule has 4 N–H and O–H groups in total. The zero-order valence-corrected chi connectivity index (χ0v) is 19.8. The van der Waals surface area contributed by atoms with Gasteiger partial charge in [-0.3, -0.25) is 4.72 Å². The average Bonchev–Trinajstić information content (AvgIpc) is 2.82. The Hall–Kier alpha value is -3.34. The molecule has 0 bridgehead atoms. The van der Waals surface area contributed by atoms with Crippen molar-refractivity contribution in [3.63, 3.8) is 0 Å². The molecule has 0 aromatic heterocycles. The molecule has 0 spiro atoms. The van der Waals surface area contributed by atoms with Crippen LogP contribution in [0, 0.1) is 5.82 Å². The van der Waals surface area contributed by atoms with Gasteiger partial charge in [0.15, 0.2) is 5.82 Å². The third-order valence-corrected chi connectivity index (χ3v) is 5.78. The van der Waals surface area contributed by atoms with E-state index in [9.17, 15) is 23.0 Å². The van der Waals surface area contributed by atoms with Gasteiger partial charge in [0.1, 0.15) is 22.9 Å². The normalized spacial score (nSPS) is 12.4. The highest BCUT2D eigenvalue weighted by Gasteiger charge is 2.22. The Balaban J connectivity index is 1.87. The second kappa shape index (κ2) is 10.7. The number of anilines is 1. The van der Waals surface area contributed by atoms with Gasteiger partial charge in [-0.05, 0) is 47.5 Å². The molecule has 182 valence electrons. The van der Waals surface area contributed by atoms with Crippen molar-refractivity contribution in [2.45, 2.75) is 12.1 Å². The number of aliphatic hydroxyl groups is 1. The fourth-order valence-electron chi connectivity index (χ4n) is 3.48. The van der Waals surface area contributed by atoms with Crippen molar-refractivity contribution in [2.75, 3.05) is 31.7 Å². The fourth-order valence-corrected chi connectivity index (χ4v) is 4.05. The molecule has 0 heterocycles. The summed E-state index contributed by atoms with van der Waals surface area (Å²) in [6, 6.07) is 16.7. The molecule has 0 saturated heterocycles. The second-order valence-electron chi connectivity index (χ2n) is 7.64. The van der Waals surface area contributed by atoms with Gasteiger partial charge < -0.3 is 25.0 Å². The topological polar surface area (TPSA) is 117 Å². The standard InChI is InChI=1S/C24H27FN2O6S/c1-32-17-8-4-15(5-9-17)23(16-6-10-18(33-2)11-7-16)26-14-21(29)19-12-13-20(28)24(22(19)25)27-34(3,30)31/h4-13,21,23,26-29H,14H2,1-3H3/t21-/m0/s1. The van der Waals surface area contributed by atoms with Gasteiger partial charge in [0.25, 0.3) is 0 Å². The smallest absolute Gasteiger partial charge is 0.230 e. The van der Waals surface area contributed by atoms with Crippen LogP contribution in [0.25, 0.3) is 0 Å².